The number of carbonyl (C=O) groups excluding carboxylic acids is 1. The first-order chi connectivity index (χ1) is 11.3. The Morgan fingerprint density at radius 3 is 2.96 bits per heavy atom. The van der Waals surface area contributed by atoms with Crippen LogP contribution in [0, 0.1) is 0 Å². The van der Waals surface area contributed by atoms with Crippen molar-refractivity contribution in [3.63, 3.8) is 0 Å². The predicted octanol–water partition coefficient (Wildman–Crippen LogP) is 3.05. The normalized spacial score (nSPS) is 18.5. The van der Waals surface area contributed by atoms with Crippen molar-refractivity contribution in [2.75, 3.05) is 13.1 Å². The Kier molecular flexibility index (Phi) is 4.86. The molecule has 0 N–H and O–H groups in total. The summed E-state index contributed by atoms with van der Waals surface area (Å²) >= 11 is 0. The van der Waals surface area contributed by atoms with Gasteiger partial charge in [0, 0.05) is 25.6 Å². The molecule has 3 rings (SSSR count). The van der Waals surface area contributed by atoms with Crippen LogP contribution in [0.25, 0.3) is 6.08 Å². The van der Waals surface area contributed by atoms with Gasteiger partial charge in [0.2, 0.25) is 11.8 Å². The van der Waals surface area contributed by atoms with Crippen LogP contribution in [0.2, 0.25) is 0 Å². The number of benzene rings is 1. The van der Waals surface area contributed by atoms with Crippen LogP contribution in [-0.2, 0) is 11.2 Å². The van der Waals surface area contributed by atoms with E-state index in [-0.39, 0.29) is 11.8 Å². The van der Waals surface area contributed by atoms with Gasteiger partial charge < -0.3 is 9.42 Å². The van der Waals surface area contributed by atoms with E-state index in [1.165, 1.54) is 0 Å². The second-order valence-electron chi connectivity index (χ2n) is 5.77. The topological polar surface area (TPSA) is 59.2 Å². The fourth-order valence-corrected chi connectivity index (χ4v) is 2.79. The Hall–Kier alpha value is -2.43. The highest BCUT2D eigenvalue weighted by Crippen LogP contribution is 2.26. The summed E-state index contributed by atoms with van der Waals surface area (Å²) in [5.74, 6) is 1.57. The highest BCUT2D eigenvalue weighted by molar-refractivity contribution is 5.91. The van der Waals surface area contributed by atoms with Crippen LogP contribution in [0.1, 0.15) is 43.0 Å². The molecule has 0 spiro atoms. The van der Waals surface area contributed by atoms with Crippen molar-refractivity contribution in [1.29, 1.82) is 0 Å². The Morgan fingerprint density at radius 2 is 2.22 bits per heavy atom. The first-order valence-corrected chi connectivity index (χ1v) is 8.10. The summed E-state index contributed by atoms with van der Waals surface area (Å²) < 4.78 is 5.34. The molecule has 1 aliphatic rings. The molecule has 1 aliphatic heterocycles. The van der Waals surface area contributed by atoms with Crippen molar-refractivity contribution in [3.05, 3.63) is 53.7 Å². The van der Waals surface area contributed by atoms with Crippen LogP contribution in [0.15, 0.2) is 40.9 Å². The molecule has 0 radical (unpaired) electrons. The molecule has 5 nitrogen and oxygen atoms in total. The molecule has 1 unspecified atom stereocenters. The minimum Gasteiger partial charge on any atom is -0.339 e. The lowest BCUT2D eigenvalue weighted by atomic mass is 9.98. The maximum Gasteiger partial charge on any atom is 0.246 e. The molecule has 1 fully saturated rings. The second-order valence-corrected chi connectivity index (χ2v) is 5.77. The van der Waals surface area contributed by atoms with E-state index in [9.17, 15) is 4.79 Å². The second kappa shape index (κ2) is 7.22. The average Bonchev–Trinajstić information content (AvgIpc) is 3.10. The van der Waals surface area contributed by atoms with E-state index in [2.05, 4.69) is 10.1 Å². The third-order valence-corrected chi connectivity index (χ3v) is 4.10. The predicted molar refractivity (Wildman–Crippen MR) is 87.7 cm³/mol. The van der Waals surface area contributed by atoms with Crippen molar-refractivity contribution in [2.24, 2.45) is 0 Å². The van der Waals surface area contributed by atoms with Gasteiger partial charge in [-0.25, -0.2) is 0 Å². The zero-order valence-corrected chi connectivity index (χ0v) is 13.3. The van der Waals surface area contributed by atoms with Crippen molar-refractivity contribution >= 4 is 12.0 Å². The summed E-state index contributed by atoms with van der Waals surface area (Å²) in [6.45, 7) is 3.42. The molecule has 23 heavy (non-hydrogen) atoms. The van der Waals surface area contributed by atoms with Crippen LogP contribution in [-0.4, -0.2) is 34.0 Å². The number of amides is 1. The van der Waals surface area contributed by atoms with Crippen LogP contribution in [0.4, 0.5) is 0 Å². The lowest BCUT2D eigenvalue weighted by Gasteiger charge is -2.30. The largest absolute Gasteiger partial charge is 0.339 e. The summed E-state index contributed by atoms with van der Waals surface area (Å²) in [6.07, 6.45) is 6.20. The van der Waals surface area contributed by atoms with Gasteiger partial charge >= 0.3 is 0 Å². The van der Waals surface area contributed by atoms with Gasteiger partial charge in [0.1, 0.15) is 0 Å². The molecular formula is C18H21N3O2. The fraction of sp³-hybridized carbons (Fsp3) is 0.389. The standard InChI is InChI=1S/C18H21N3O2/c1-2-16-19-18(23-20-16)15-9-6-12-21(13-15)17(22)11-10-14-7-4-3-5-8-14/h3-5,7-8,10-11,15H,2,6,9,12-13H2,1H3. The summed E-state index contributed by atoms with van der Waals surface area (Å²) in [6, 6.07) is 9.84. The molecule has 1 saturated heterocycles. The van der Waals surface area contributed by atoms with Gasteiger partial charge in [-0.3, -0.25) is 4.79 Å². The van der Waals surface area contributed by atoms with Gasteiger partial charge in [0.15, 0.2) is 5.82 Å². The monoisotopic (exact) mass is 311 g/mol. The summed E-state index contributed by atoms with van der Waals surface area (Å²) in [5, 5.41) is 3.95. The Bertz CT molecular complexity index is 679. The van der Waals surface area contributed by atoms with Gasteiger partial charge in [-0.1, -0.05) is 42.4 Å². The number of likely N-dealkylation sites (tertiary alicyclic amines) is 1. The maximum absolute atomic E-state index is 12.4. The van der Waals surface area contributed by atoms with E-state index in [1.54, 1.807) is 6.08 Å². The van der Waals surface area contributed by atoms with Crippen molar-refractivity contribution < 1.29 is 9.32 Å². The summed E-state index contributed by atoms with van der Waals surface area (Å²) in [5.41, 5.74) is 1.03. The zero-order chi connectivity index (χ0) is 16.1. The maximum atomic E-state index is 12.4. The number of piperidine rings is 1. The van der Waals surface area contributed by atoms with Gasteiger partial charge in [-0.05, 0) is 24.5 Å². The highest BCUT2D eigenvalue weighted by atomic mass is 16.5. The first-order valence-electron chi connectivity index (χ1n) is 8.10. The van der Waals surface area contributed by atoms with Crippen LogP contribution in [0.5, 0.6) is 0 Å². The molecule has 1 atom stereocenters. The van der Waals surface area contributed by atoms with Gasteiger partial charge in [0.25, 0.3) is 0 Å². The van der Waals surface area contributed by atoms with Gasteiger partial charge in [-0.2, -0.15) is 4.98 Å². The SMILES string of the molecule is CCc1noc(C2CCCN(C(=O)C=Cc3ccccc3)C2)n1. The lowest BCUT2D eigenvalue weighted by Crippen LogP contribution is -2.38. The van der Waals surface area contributed by atoms with Crippen LogP contribution < -0.4 is 0 Å². The molecule has 2 aromatic rings. The Morgan fingerprint density at radius 1 is 1.39 bits per heavy atom. The van der Waals surface area contributed by atoms with E-state index < -0.39 is 0 Å². The average molecular weight is 311 g/mol. The van der Waals surface area contributed by atoms with Crippen molar-refractivity contribution in [1.82, 2.24) is 15.0 Å². The lowest BCUT2D eigenvalue weighted by molar-refractivity contribution is -0.127. The molecule has 0 bridgehead atoms. The smallest absolute Gasteiger partial charge is 0.246 e. The molecule has 1 aromatic carbocycles. The number of aromatic nitrogens is 2. The molecule has 5 heteroatoms. The minimum absolute atomic E-state index is 0.0359. The van der Waals surface area contributed by atoms with Crippen molar-refractivity contribution in [3.8, 4) is 0 Å². The highest BCUT2D eigenvalue weighted by Gasteiger charge is 2.27. The van der Waals surface area contributed by atoms with Crippen LogP contribution in [0.3, 0.4) is 0 Å². The summed E-state index contributed by atoms with van der Waals surface area (Å²) in [4.78, 5) is 18.7. The van der Waals surface area contributed by atoms with Gasteiger partial charge in [-0.15, -0.1) is 0 Å². The number of hydrogen-bond donors (Lipinski definition) is 0. The number of carbonyl (C=O) groups is 1. The molecule has 2 heterocycles. The summed E-state index contributed by atoms with van der Waals surface area (Å²) in [7, 11) is 0. The quantitative estimate of drug-likeness (QED) is 0.814. The third-order valence-electron chi connectivity index (χ3n) is 4.10. The number of aryl methyl sites for hydroxylation is 1. The van der Waals surface area contributed by atoms with Gasteiger partial charge in [0.05, 0.1) is 5.92 Å². The Labute approximate surface area is 136 Å². The van der Waals surface area contributed by atoms with E-state index in [0.717, 1.165) is 37.2 Å². The number of nitrogens with zero attached hydrogens (tertiary/aromatic N) is 3. The zero-order valence-electron chi connectivity index (χ0n) is 13.3. The first kappa shape index (κ1) is 15.5. The molecule has 120 valence electrons. The number of hydrogen-bond acceptors (Lipinski definition) is 4. The molecule has 1 aromatic heterocycles. The molecule has 1 amide bonds. The van der Waals surface area contributed by atoms with E-state index in [0.29, 0.717) is 12.4 Å². The third kappa shape index (κ3) is 3.86. The van der Waals surface area contributed by atoms with E-state index >= 15 is 0 Å². The molecular weight excluding hydrogens is 290 g/mol. The molecule has 0 aliphatic carbocycles. The van der Waals surface area contributed by atoms with Crippen LogP contribution >= 0.6 is 0 Å². The van der Waals surface area contributed by atoms with E-state index in [4.69, 9.17) is 4.52 Å². The van der Waals surface area contributed by atoms with Crippen molar-refractivity contribution in [2.45, 2.75) is 32.1 Å². The minimum atomic E-state index is 0.0359. The Balaban J connectivity index is 1.63. The fourth-order valence-electron chi connectivity index (χ4n) is 2.79. The van der Waals surface area contributed by atoms with E-state index in [1.807, 2.05) is 48.2 Å². The number of rotatable bonds is 4. The molecule has 0 saturated carbocycles.